The highest BCUT2D eigenvalue weighted by Gasteiger charge is 2.24. The Labute approximate surface area is 165 Å². The lowest BCUT2D eigenvalue weighted by atomic mass is 9.89. The van der Waals surface area contributed by atoms with Crippen molar-refractivity contribution < 1.29 is 14.6 Å². The first-order valence-corrected chi connectivity index (χ1v) is 9.26. The molecule has 2 N–H and O–H groups in total. The first kappa shape index (κ1) is 20.0. The van der Waals surface area contributed by atoms with E-state index in [9.17, 15) is 9.90 Å². The molecule has 2 atom stereocenters. The molecule has 0 aromatic heterocycles. The van der Waals surface area contributed by atoms with E-state index in [2.05, 4.69) is 21.2 Å². The number of nitrogens with one attached hydrogen (secondary N) is 1. The van der Waals surface area contributed by atoms with Crippen LogP contribution in [0.1, 0.15) is 30.1 Å². The number of hydrogen-bond acceptors (Lipinski definition) is 3. The molecule has 0 saturated carbocycles. The number of rotatable bonds is 6. The third-order valence-corrected chi connectivity index (χ3v) is 4.92. The van der Waals surface area contributed by atoms with Gasteiger partial charge in [-0.25, -0.2) is 4.79 Å². The monoisotopic (exact) mass is 445 g/mol. The van der Waals surface area contributed by atoms with Crippen molar-refractivity contribution >= 4 is 45.2 Å². The van der Waals surface area contributed by atoms with Crippen LogP contribution in [0.15, 0.2) is 46.9 Å². The third-order valence-electron chi connectivity index (χ3n) is 3.68. The van der Waals surface area contributed by atoms with Crippen molar-refractivity contribution in [1.29, 1.82) is 0 Å². The van der Waals surface area contributed by atoms with E-state index >= 15 is 0 Å². The average Bonchev–Trinajstić information content (AvgIpc) is 2.58. The average molecular weight is 447 g/mol. The van der Waals surface area contributed by atoms with E-state index in [0.717, 1.165) is 15.6 Å². The second-order valence-corrected chi connectivity index (χ2v) is 7.11. The van der Waals surface area contributed by atoms with Gasteiger partial charge < -0.3 is 15.2 Å². The van der Waals surface area contributed by atoms with E-state index in [-0.39, 0.29) is 13.2 Å². The predicted molar refractivity (Wildman–Crippen MR) is 103 cm³/mol. The summed E-state index contributed by atoms with van der Waals surface area (Å²) in [7, 11) is 0. The fourth-order valence-corrected chi connectivity index (χ4v) is 3.18. The molecule has 2 aromatic carbocycles. The molecule has 0 saturated heterocycles. The Balaban J connectivity index is 2.30. The topological polar surface area (TPSA) is 58.6 Å². The summed E-state index contributed by atoms with van der Waals surface area (Å²) in [4.78, 5) is 11.6. The summed E-state index contributed by atoms with van der Waals surface area (Å²) < 4.78 is 5.75. The molecule has 0 bridgehead atoms. The van der Waals surface area contributed by atoms with Gasteiger partial charge in [-0.05, 0) is 42.3 Å². The molecule has 2 unspecified atom stereocenters. The van der Waals surface area contributed by atoms with Gasteiger partial charge in [-0.15, -0.1) is 0 Å². The van der Waals surface area contributed by atoms with Crippen molar-refractivity contribution in [3.63, 3.8) is 0 Å². The van der Waals surface area contributed by atoms with Gasteiger partial charge in [0.1, 0.15) is 0 Å². The van der Waals surface area contributed by atoms with E-state index in [1.54, 1.807) is 25.1 Å². The maximum Gasteiger partial charge on any atom is 0.407 e. The smallest absolute Gasteiger partial charge is 0.407 e. The summed E-state index contributed by atoms with van der Waals surface area (Å²) in [6.45, 7) is 2.19. The van der Waals surface area contributed by atoms with Crippen molar-refractivity contribution in [3.8, 4) is 0 Å². The standard InChI is InChI=1S/C18H18BrCl2NO3/c1-2-25-18(24)22-10-14(11-6-7-15(20)16(21)9-11)17(23)12-4-3-5-13(19)8-12/h3-9,14,17,23H,2,10H2,1H3,(H,22,24). The van der Waals surface area contributed by atoms with Crippen LogP contribution in [0.2, 0.25) is 10.0 Å². The minimum absolute atomic E-state index is 0.185. The predicted octanol–water partition coefficient (Wildman–Crippen LogP) is 5.32. The molecule has 134 valence electrons. The summed E-state index contributed by atoms with van der Waals surface area (Å²) in [6, 6.07) is 12.5. The summed E-state index contributed by atoms with van der Waals surface area (Å²) in [5.41, 5.74) is 1.48. The Morgan fingerprint density at radius 1 is 1.20 bits per heavy atom. The van der Waals surface area contributed by atoms with Crippen molar-refractivity contribution in [1.82, 2.24) is 5.32 Å². The molecule has 7 heteroatoms. The van der Waals surface area contributed by atoms with Gasteiger partial charge in [-0.2, -0.15) is 0 Å². The highest BCUT2D eigenvalue weighted by molar-refractivity contribution is 9.10. The molecule has 0 heterocycles. The van der Waals surface area contributed by atoms with Crippen LogP contribution in [0.4, 0.5) is 4.79 Å². The number of ether oxygens (including phenoxy) is 1. The van der Waals surface area contributed by atoms with Crippen molar-refractivity contribution in [2.75, 3.05) is 13.2 Å². The first-order chi connectivity index (χ1) is 11.9. The molecule has 0 aliphatic rings. The molecule has 2 aromatic rings. The number of carbonyl (C=O) groups is 1. The largest absolute Gasteiger partial charge is 0.450 e. The molecule has 0 aliphatic heterocycles. The Kier molecular flexibility index (Phi) is 7.56. The van der Waals surface area contributed by atoms with E-state index in [0.29, 0.717) is 10.0 Å². The van der Waals surface area contributed by atoms with Gasteiger partial charge >= 0.3 is 6.09 Å². The molecule has 0 radical (unpaired) electrons. The zero-order valence-electron chi connectivity index (χ0n) is 13.5. The number of halogens is 3. The van der Waals surface area contributed by atoms with Crippen molar-refractivity contribution in [2.24, 2.45) is 0 Å². The van der Waals surface area contributed by atoms with Crippen LogP contribution in [0.25, 0.3) is 0 Å². The Morgan fingerprint density at radius 3 is 2.60 bits per heavy atom. The molecular formula is C18H18BrCl2NO3. The summed E-state index contributed by atoms with van der Waals surface area (Å²) in [5, 5.41) is 14.4. The number of aliphatic hydroxyl groups is 1. The maximum atomic E-state index is 11.6. The molecule has 2 rings (SSSR count). The molecule has 25 heavy (non-hydrogen) atoms. The molecule has 0 spiro atoms. The number of carbonyl (C=O) groups excluding carboxylic acids is 1. The fourth-order valence-electron chi connectivity index (χ4n) is 2.45. The minimum atomic E-state index is -0.850. The lowest BCUT2D eigenvalue weighted by Crippen LogP contribution is -2.31. The van der Waals surface area contributed by atoms with Gasteiger partial charge in [0.2, 0.25) is 0 Å². The van der Waals surface area contributed by atoms with Crippen molar-refractivity contribution in [3.05, 3.63) is 68.1 Å². The second-order valence-electron chi connectivity index (χ2n) is 5.38. The first-order valence-electron chi connectivity index (χ1n) is 7.71. The van der Waals surface area contributed by atoms with Gasteiger partial charge in [0, 0.05) is 16.9 Å². The highest BCUT2D eigenvalue weighted by Crippen LogP contribution is 2.34. The molecule has 0 fully saturated rings. The van der Waals surface area contributed by atoms with Gasteiger partial charge in [0.15, 0.2) is 0 Å². The lowest BCUT2D eigenvalue weighted by molar-refractivity contribution is 0.131. The van der Waals surface area contributed by atoms with E-state index in [4.69, 9.17) is 27.9 Å². The van der Waals surface area contributed by atoms with Crippen LogP contribution in [-0.2, 0) is 4.74 Å². The number of amides is 1. The SMILES string of the molecule is CCOC(=O)NCC(c1ccc(Cl)c(Cl)c1)C(O)c1cccc(Br)c1. The Morgan fingerprint density at radius 2 is 1.96 bits per heavy atom. The van der Waals surface area contributed by atoms with Crippen molar-refractivity contribution in [2.45, 2.75) is 18.9 Å². The summed E-state index contributed by atoms with van der Waals surface area (Å²) in [6.07, 6.45) is -1.38. The molecule has 0 aliphatic carbocycles. The van der Waals surface area contributed by atoms with Gasteiger partial charge in [-0.1, -0.05) is 57.3 Å². The number of benzene rings is 2. The van der Waals surface area contributed by atoms with Gasteiger partial charge in [0.05, 0.1) is 22.8 Å². The molecular weight excluding hydrogens is 429 g/mol. The lowest BCUT2D eigenvalue weighted by Gasteiger charge is -2.24. The van der Waals surface area contributed by atoms with E-state index in [1.165, 1.54) is 0 Å². The normalized spacial score (nSPS) is 13.2. The number of hydrogen-bond donors (Lipinski definition) is 2. The summed E-state index contributed by atoms with van der Waals surface area (Å²) >= 11 is 15.5. The Hall–Kier alpha value is -1.27. The highest BCUT2D eigenvalue weighted by atomic mass is 79.9. The van der Waals surface area contributed by atoms with Crippen LogP contribution in [0.3, 0.4) is 0 Å². The van der Waals surface area contributed by atoms with Crippen LogP contribution in [-0.4, -0.2) is 24.4 Å². The second kappa shape index (κ2) is 9.43. The number of alkyl carbamates (subject to hydrolysis) is 1. The molecule has 1 amide bonds. The van der Waals surface area contributed by atoms with Gasteiger partial charge in [-0.3, -0.25) is 0 Å². The van der Waals surface area contributed by atoms with E-state index in [1.807, 2.05) is 24.3 Å². The quantitative estimate of drug-likeness (QED) is 0.631. The maximum absolute atomic E-state index is 11.6. The zero-order chi connectivity index (χ0) is 18.4. The number of aliphatic hydroxyl groups excluding tert-OH is 1. The Bertz CT molecular complexity index is 742. The van der Waals surface area contributed by atoms with Crippen LogP contribution in [0, 0.1) is 0 Å². The van der Waals surface area contributed by atoms with Crippen LogP contribution < -0.4 is 5.32 Å². The zero-order valence-corrected chi connectivity index (χ0v) is 16.6. The van der Waals surface area contributed by atoms with Crippen LogP contribution >= 0.6 is 39.1 Å². The van der Waals surface area contributed by atoms with E-state index < -0.39 is 18.1 Å². The van der Waals surface area contributed by atoms with Gasteiger partial charge in [0.25, 0.3) is 0 Å². The molecule has 4 nitrogen and oxygen atoms in total. The minimum Gasteiger partial charge on any atom is -0.450 e. The third kappa shape index (κ3) is 5.61. The van der Waals surface area contributed by atoms with Crippen LogP contribution in [0.5, 0.6) is 0 Å². The summed E-state index contributed by atoms with van der Waals surface area (Å²) in [5.74, 6) is -0.423. The fraction of sp³-hybridized carbons (Fsp3) is 0.278.